The molecule has 1 nitrogen and oxygen atoms in total. The molecule has 0 aliphatic rings. The molecule has 0 saturated heterocycles. The van der Waals surface area contributed by atoms with E-state index in [2.05, 4.69) is 61.5 Å². The number of hydrogen-bond donors (Lipinski definition) is 1. The normalized spacial score (nSPS) is 12.3. The quantitative estimate of drug-likeness (QED) is 0.845. The first kappa shape index (κ1) is 12.8. The van der Waals surface area contributed by atoms with Gasteiger partial charge in [-0.3, -0.25) is 0 Å². The van der Waals surface area contributed by atoms with Crippen molar-refractivity contribution in [2.24, 2.45) is 5.73 Å². The first-order valence-electron chi connectivity index (χ1n) is 6.69. The second kappa shape index (κ2) is 6.36. The van der Waals surface area contributed by atoms with Crippen molar-refractivity contribution < 1.29 is 0 Å². The first-order valence-corrected chi connectivity index (χ1v) is 6.69. The first-order chi connectivity index (χ1) is 8.85. The highest BCUT2D eigenvalue weighted by Crippen LogP contribution is 2.27. The Hall–Kier alpha value is -1.60. The van der Waals surface area contributed by atoms with Gasteiger partial charge in [0.2, 0.25) is 0 Å². The molecule has 0 fully saturated rings. The molecule has 0 radical (unpaired) electrons. The van der Waals surface area contributed by atoms with E-state index in [0.29, 0.717) is 5.92 Å². The van der Waals surface area contributed by atoms with Gasteiger partial charge in [-0.1, -0.05) is 61.5 Å². The number of hydrogen-bond acceptors (Lipinski definition) is 1. The Labute approximate surface area is 110 Å². The summed E-state index contributed by atoms with van der Waals surface area (Å²) in [6.07, 6.45) is 2.09. The average Bonchev–Trinajstić information content (AvgIpc) is 2.46. The molecule has 0 spiro atoms. The van der Waals surface area contributed by atoms with Crippen molar-refractivity contribution in [2.45, 2.75) is 25.7 Å². The Morgan fingerprint density at radius 1 is 0.889 bits per heavy atom. The maximum absolute atomic E-state index is 5.76. The summed E-state index contributed by atoms with van der Waals surface area (Å²) in [7, 11) is 0. The van der Waals surface area contributed by atoms with Crippen LogP contribution in [0.1, 0.15) is 36.0 Å². The zero-order chi connectivity index (χ0) is 12.8. The van der Waals surface area contributed by atoms with Gasteiger partial charge in [0.25, 0.3) is 0 Å². The fourth-order valence-corrected chi connectivity index (χ4v) is 2.36. The van der Waals surface area contributed by atoms with Crippen molar-refractivity contribution >= 4 is 0 Å². The minimum Gasteiger partial charge on any atom is -0.330 e. The highest BCUT2D eigenvalue weighted by molar-refractivity contribution is 5.34. The summed E-state index contributed by atoms with van der Waals surface area (Å²) in [5.41, 5.74) is 9.87. The molecule has 94 valence electrons. The van der Waals surface area contributed by atoms with E-state index in [9.17, 15) is 0 Å². The Morgan fingerprint density at radius 3 is 2.06 bits per heavy atom. The molecule has 1 heteroatoms. The van der Waals surface area contributed by atoms with Crippen molar-refractivity contribution in [3.63, 3.8) is 0 Å². The third-order valence-corrected chi connectivity index (χ3v) is 3.45. The van der Waals surface area contributed by atoms with Crippen molar-refractivity contribution in [3.8, 4) is 0 Å². The summed E-state index contributed by atoms with van der Waals surface area (Å²) < 4.78 is 0. The Morgan fingerprint density at radius 2 is 1.50 bits per heavy atom. The van der Waals surface area contributed by atoms with Crippen molar-refractivity contribution in [2.75, 3.05) is 6.54 Å². The van der Waals surface area contributed by atoms with Gasteiger partial charge in [0.05, 0.1) is 0 Å². The molecular weight excluding hydrogens is 218 g/mol. The maximum atomic E-state index is 5.76. The molecule has 0 heterocycles. The number of nitrogens with two attached hydrogens (primary N) is 1. The van der Waals surface area contributed by atoms with Crippen molar-refractivity contribution in [1.29, 1.82) is 0 Å². The van der Waals surface area contributed by atoms with E-state index in [1.54, 1.807) is 0 Å². The van der Waals surface area contributed by atoms with Gasteiger partial charge in [0.1, 0.15) is 0 Å². The summed E-state index contributed by atoms with van der Waals surface area (Å²) in [4.78, 5) is 0. The molecule has 2 aromatic carbocycles. The molecule has 0 saturated carbocycles. The van der Waals surface area contributed by atoms with Gasteiger partial charge in [-0.15, -0.1) is 0 Å². The highest BCUT2D eigenvalue weighted by atomic mass is 14.5. The second-order valence-electron chi connectivity index (χ2n) is 4.64. The SMILES string of the molecule is CCc1ccc(C(CCN)c2ccccc2)cc1. The van der Waals surface area contributed by atoms with Crippen LogP contribution in [-0.2, 0) is 6.42 Å². The molecule has 0 amide bonds. The molecule has 2 aromatic rings. The standard InChI is InChI=1S/C17H21N/c1-2-14-8-10-16(11-9-14)17(12-13-18)15-6-4-3-5-7-15/h3-11,17H,2,12-13,18H2,1H3. The molecule has 0 aliphatic heterocycles. The van der Waals surface area contributed by atoms with E-state index in [4.69, 9.17) is 5.73 Å². The van der Waals surface area contributed by atoms with Crippen LogP contribution < -0.4 is 5.73 Å². The Balaban J connectivity index is 2.29. The molecule has 1 atom stereocenters. The van der Waals surface area contributed by atoms with Crippen LogP contribution in [-0.4, -0.2) is 6.54 Å². The van der Waals surface area contributed by atoms with E-state index in [0.717, 1.165) is 19.4 Å². The fraction of sp³-hybridized carbons (Fsp3) is 0.294. The zero-order valence-electron chi connectivity index (χ0n) is 11.0. The third kappa shape index (κ3) is 2.99. The van der Waals surface area contributed by atoms with E-state index in [1.807, 2.05) is 0 Å². The van der Waals surface area contributed by atoms with Crippen LogP contribution in [0.5, 0.6) is 0 Å². The molecule has 0 bridgehead atoms. The molecule has 2 rings (SSSR count). The predicted octanol–water partition coefficient (Wildman–Crippen LogP) is 3.73. The topological polar surface area (TPSA) is 26.0 Å². The maximum Gasteiger partial charge on any atom is 0.0101 e. The van der Waals surface area contributed by atoms with E-state index >= 15 is 0 Å². The summed E-state index contributed by atoms with van der Waals surface area (Å²) in [5.74, 6) is 0.419. The van der Waals surface area contributed by atoms with Crippen LogP contribution in [0, 0.1) is 0 Å². The Kier molecular flexibility index (Phi) is 4.54. The summed E-state index contributed by atoms with van der Waals surface area (Å²) >= 11 is 0. The zero-order valence-corrected chi connectivity index (χ0v) is 11.0. The fourth-order valence-electron chi connectivity index (χ4n) is 2.36. The highest BCUT2D eigenvalue weighted by Gasteiger charge is 2.12. The third-order valence-electron chi connectivity index (χ3n) is 3.45. The summed E-state index contributed by atoms with van der Waals surface area (Å²) in [6.45, 7) is 2.90. The van der Waals surface area contributed by atoms with Crippen LogP contribution >= 0.6 is 0 Å². The van der Waals surface area contributed by atoms with Crippen LogP contribution in [0.2, 0.25) is 0 Å². The average molecular weight is 239 g/mol. The second-order valence-corrected chi connectivity index (χ2v) is 4.64. The van der Waals surface area contributed by atoms with Gasteiger partial charge in [0.15, 0.2) is 0 Å². The summed E-state index contributed by atoms with van der Waals surface area (Å²) in [6, 6.07) is 19.6. The van der Waals surface area contributed by atoms with E-state index < -0.39 is 0 Å². The smallest absolute Gasteiger partial charge is 0.0101 e. The lowest BCUT2D eigenvalue weighted by atomic mass is 9.88. The van der Waals surface area contributed by atoms with Crippen LogP contribution in [0.25, 0.3) is 0 Å². The molecule has 0 aromatic heterocycles. The minimum absolute atomic E-state index is 0.419. The van der Waals surface area contributed by atoms with Gasteiger partial charge in [-0.2, -0.15) is 0 Å². The van der Waals surface area contributed by atoms with Gasteiger partial charge < -0.3 is 5.73 Å². The van der Waals surface area contributed by atoms with Crippen molar-refractivity contribution in [3.05, 3.63) is 71.3 Å². The van der Waals surface area contributed by atoms with Gasteiger partial charge in [0, 0.05) is 5.92 Å². The van der Waals surface area contributed by atoms with E-state index in [-0.39, 0.29) is 0 Å². The van der Waals surface area contributed by atoms with E-state index in [1.165, 1.54) is 16.7 Å². The molecule has 2 N–H and O–H groups in total. The van der Waals surface area contributed by atoms with Crippen molar-refractivity contribution in [1.82, 2.24) is 0 Å². The molecule has 0 aliphatic carbocycles. The van der Waals surface area contributed by atoms with Crippen LogP contribution in [0.3, 0.4) is 0 Å². The molecule has 1 unspecified atom stereocenters. The number of rotatable bonds is 5. The number of benzene rings is 2. The predicted molar refractivity (Wildman–Crippen MR) is 77.8 cm³/mol. The van der Waals surface area contributed by atoms with Crippen LogP contribution in [0.4, 0.5) is 0 Å². The molecular formula is C17H21N. The molecule has 18 heavy (non-hydrogen) atoms. The van der Waals surface area contributed by atoms with Gasteiger partial charge >= 0.3 is 0 Å². The minimum atomic E-state index is 0.419. The summed E-state index contributed by atoms with van der Waals surface area (Å²) in [5, 5.41) is 0. The lowest BCUT2D eigenvalue weighted by Crippen LogP contribution is -2.08. The van der Waals surface area contributed by atoms with Crippen LogP contribution in [0.15, 0.2) is 54.6 Å². The lowest BCUT2D eigenvalue weighted by molar-refractivity contribution is 0.726. The lowest BCUT2D eigenvalue weighted by Gasteiger charge is -2.17. The Bertz CT molecular complexity index is 459. The van der Waals surface area contributed by atoms with Gasteiger partial charge in [-0.25, -0.2) is 0 Å². The monoisotopic (exact) mass is 239 g/mol. The largest absolute Gasteiger partial charge is 0.330 e. The van der Waals surface area contributed by atoms with Gasteiger partial charge in [-0.05, 0) is 36.1 Å². The number of aryl methyl sites for hydroxylation is 1.